The van der Waals surface area contributed by atoms with Crippen molar-refractivity contribution in [3.63, 3.8) is 0 Å². The maximum absolute atomic E-state index is 14.3. The highest BCUT2D eigenvalue weighted by molar-refractivity contribution is 14.1. The van der Waals surface area contributed by atoms with E-state index in [1.54, 1.807) is 0 Å². The van der Waals surface area contributed by atoms with Crippen molar-refractivity contribution in [2.75, 3.05) is 11.1 Å². The van der Waals surface area contributed by atoms with Crippen LogP contribution in [0.3, 0.4) is 0 Å². The van der Waals surface area contributed by atoms with Gasteiger partial charge in [-0.2, -0.15) is 26.3 Å². The van der Waals surface area contributed by atoms with Crippen molar-refractivity contribution in [3.05, 3.63) is 51.7 Å². The Bertz CT molecular complexity index is 1020. The molecule has 0 aliphatic heterocycles. The Hall–Kier alpha value is -0.310. The predicted octanol–water partition coefficient (Wildman–Crippen LogP) is 7.71. The summed E-state index contributed by atoms with van der Waals surface area (Å²) in [5.74, 6) is -3.12. The lowest BCUT2D eigenvalue weighted by molar-refractivity contribution is -0.0497. The molecule has 1 amide bonds. The molecule has 2 rings (SSSR count). The highest BCUT2D eigenvalue weighted by atomic mass is 127. The summed E-state index contributed by atoms with van der Waals surface area (Å²) < 4.78 is 89.8. The number of anilines is 2. The van der Waals surface area contributed by atoms with Crippen molar-refractivity contribution in [3.8, 4) is 5.75 Å². The maximum Gasteiger partial charge on any atom is 0.387 e. The van der Waals surface area contributed by atoms with E-state index in [0.29, 0.717) is 51.2 Å². The van der Waals surface area contributed by atoms with Crippen molar-refractivity contribution in [2.24, 2.45) is 0 Å². The van der Waals surface area contributed by atoms with Crippen LogP contribution >= 0.6 is 83.7 Å². The Labute approximate surface area is 225 Å². The van der Waals surface area contributed by atoms with Crippen LogP contribution in [0, 0.1) is 5.82 Å². The Balaban J connectivity index is 2.66. The number of hydrogen-bond donors (Lipinski definition) is 2. The molecule has 176 valence electrons. The van der Waals surface area contributed by atoms with E-state index < -0.39 is 52.2 Å². The van der Waals surface area contributed by atoms with Gasteiger partial charge in [-0.05, 0) is 45.8 Å². The van der Waals surface area contributed by atoms with Crippen LogP contribution in [0.15, 0.2) is 34.8 Å². The average molecular weight is 867 g/mol. The lowest BCUT2D eigenvalue weighted by Crippen LogP contribution is -2.47. The fourth-order valence-corrected chi connectivity index (χ4v) is 5.15. The summed E-state index contributed by atoms with van der Waals surface area (Å²) in [6.45, 7) is -3.50. The van der Waals surface area contributed by atoms with Crippen LogP contribution < -0.4 is 15.8 Å². The summed E-state index contributed by atoms with van der Waals surface area (Å²) in [5, 5.41) is 2.10. The molecule has 0 spiro atoms. The van der Waals surface area contributed by atoms with Gasteiger partial charge in [0.1, 0.15) is 0 Å². The minimum atomic E-state index is -4.05. The summed E-state index contributed by atoms with van der Waals surface area (Å²) in [4.78, 5) is 12.5. The molecule has 0 unspecified atom stereocenters. The van der Waals surface area contributed by atoms with Gasteiger partial charge in [-0.3, -0.25) is 4.79 Å². The normalized spacial score (nSPS) is 12.8. The largest absolute Gasteiger partial charge is 0.433 e. The first-order chi connectivity index (χ1) is 14.5. The number of alkyl halides is 9. The molecular weight excluding hydrogens is 858 g/mol. The Morgan fingerprint density at radius 3 is 2.16 bits per heavy atom. The van der Waals surface area contributed by atoms with Crippen LogP contribution in [-0.2, 0) is 3.42 Å². The molecule has 15 heteroatoms. The Kier molecular flexibility index (Phi) is 8.84. The van der Waals surface area contributed by atoms with Gasteiger partial charge in [0.2, 0.25) is 0 Å². The molecule has 2 aromatic rings. The number of benzene rings is 2. The third-order valence-corrected chi connectivity index (χ3v) is 10.2. The van der Waals surface area contributed by atoms with Gasteiger partial charge in [-0.1, -0.05) is 28.7 Å². The van der Waals surface area contributed by atoms with E-state index in [2.05, 4.69) is 26.0 Å². The third-order valence-electron chi connectivity index (χ3n) is 3.96. The van der Waals surface area contributed by atoms with Gasteiger partial charge < -0.3 is 15.8 Å². The van der Waals surface area contributed by atoms with Crippen molar-refractivity contribution >= 4 is 101 Å². The highest BCUT2D eigenvalue weighted by Crippen LogP contribution is 2.61. The predicted molar refractivity (Wildman–Crippen MR) is 133 cm³/mol. The number of carbonyl (C=O) groups excluding carboxylic acids is 1. The summed E-state index contributed by atoms with van der Waals surface area (Å²) in [6, 6.07) is 4.83. The minimum Gasteiger partial charge on any atom is -0.433 e. The topological polar surface area (TPSA) is 64.4 Å². The number of nitrogens with one attached hydrogen (secondary N) is 1. The number of rotatable bonds is 7. The fourth-order valence-electron chi connectivity index (χ4n) is 2.48. The quantitative estimate of drug-likeness (QED) is 0.130. The van der Waals surface area contributed by atoms with E-state index in [9.17, 15) is 35.5 Å². The maximum atomic E-state index is 14.3. The van der Waals surface area contributed by atoms with E-state index in [4.69, 9.17) is 5.73 Å². The van der Waals surface area contributed by atoms with Gasteiger partial charge in [-0.15, -0.1) is 0 Å². The lowest BCUT2D eigenvalue weighted by atomic mass is 9.98. The third kappa shape index (κ3) is 5.66. The molecule has 0 atom stereocenters. The molecular formula is C17H9BrF7I3N2O2. The zero-order valence-corrected chi connectivity index (χ0v) is 23.1. The molecule has 2 aromatic carbocycles. The second-order valence-corrected chi connectivity index (χ2v) is 11.2. The summed E-state index contributed by atoms with van der Waals surface area (Å²) in [7, 11) is 0. The first-order valence-electron chi connectivity index (χ1n) is 7.97. The molecule has 0 fully saturated rings. The first-order valence-corrected chi connectivity index (χ1v) is 12.0. The zero-order valence-electron chi connectivity index (χ0n) is 15.0. The number of nitrogen functional groups attached to an aromatic ring is 1. The lowest BCUT2D eigenvalue weighted by Gasteiger charge is -2.36. The number of ether oxygens (including phenoxy) is 1. The molecule has 0 aromatic heterocycles. The van der Waals surface area contributed by atoms with Crippen LogP contribution in [0.5, 0.6) is 5.75 Å². The van der Waals surface area contributed by atoms with Crippen LogP contribution in [0.25, 0.3) is 0 Å². The van der Waals surface area contributed by atoms with Crippen molar-refractivity contribution in [1.29, 1.82) is 0 Å². The number of amides is 1. The smallest absolute Gasteiger partial charge is 0.387 e. The molecule has 32 heavy (non-hydrogen) atoms. The van der Waals surface area contributed by atoms with E-state index in [1.807, 2.05) is 0 Å². The van der Waals surface area contributed by atoms with Gasteiger partial charge in [0, 0.05) is 49.7 Å². The molecule has 0 radical (unpaired) electrons. The van der Waals surface area contributed by atoms with Crippen LogP contribution in [0.2, 0.25) is 0 Å². The molecule has 0 aliphatic rings. The van der Waals surface area contributed by atoms with Gasteiger partial charge >= 0.3 is 14.5 Å². The average Bonchev–Trinajstić information content (AvgIpc) is 2.63. The standard InChI is InChI=1S/C17H9BrF7I3N2O2/c18-8-4-6(15(26,16(22,23)27)17(24,25)28)5-10(32-14(20)21)12(8)30-13(31)7-2-1-3-9(29)11(7)19/h1-5,14H,29H2,(H,30,31). The SMILES string of the molecule is Nc1cccc(C(=O)Nc2c(Br)cc(C(I)(C(F)(F)I)C(F)(F)I)cc2OC(F)F)c1F. The van der Waals surface area contributed by atoms with Crippen molar-refractivity contribution < 1.29 is 40.3 Å². The molecule has 4 nitrogen and oxygen atoms in total. The molecule has 0 aliphatic carbocycles. The number of halogens is 11. The van der Waals surface area contributed by atoms with Crippen LogP contribution in [0.1, 0.15) is 15.9 Å². The van der Waals surface area contributed by atoms with Gasteiger partial charge in [0.25, 0.3) is 5.91 Å². The Morgan fingerprint density at radius 1 is 1.09 bits per heavy atom. The highest BCUT2D eigenvalue weighted by Gasteiger charge is 2.66. The summed E-state index contributed by atoms with van der Waals surface area (Å²) >= 11 is 4.78. The first kappa shape index (κ1) is 27.9. The van der Waals surface area contributed by atoms with Crippen molar-refractivity contribution in [2.45, 2.75) is 17.9 Å². The number of hydrogen-bond acceptors (Lipinski definition) is 3. The Morgan fingerprint density at radius 2 is 1.66 bits per heavy atom. The van der Waals surface area contributed by atoms with E-state index >= 15 is 0 Å². The van der Waals surface area contributed by atoms with Gasteiger partial charge in [0.05, 0.1) is 16.9 Å². The van der Waals surface area contributed by atoms with E-state index in [-0.39, 0.29) is 10.2 Å². The molecule has 0 heterocycles. The monoisotopic (exact) mass is 866 g/mol. The van der Waals surface area contributed by atoms with Crippen LogP contribution in [-0.4, -0.2) is 20.4 Å². The second kappa shape index (κ2) is 10.1. The second-order valence-electron chi connectivity index (χ2n) is 6.03. The van der Waals surface area contributed by atoms with Gasteiger partial charge in [0.15, 0.2) is 15.0 Å². The van der Waals surface area contributed by atoms with Gasteiger partial charge in [-0.25, -0.2) is 4.39 Å². The number of carbonyl (C=O) groups is 1. The molecule has 0 bridgehead atoms. The van der Waals surface area contributed by atoms with Crippen molar-refractivity contribution in [1.82, 2.24) is 0 Å². The molecule has 0 saturated heterocycles. The summed E-state index contributed by atoms with van der Waals surface area (Å²) in [5.41, 5.74) is 3.19. The molecule has 0 saturated carbocycles. The summed E-state index contributed by atoms with van der Waals surface area (Å²) in [6.07, 6.45) is 0. The van der Waals surface area contributed by atoms with E-state index in [1.165, 1.54) is 12.1 Å². The minimum absolute atomic E-state index is 0.342. The number of nitrogens with two attached hydrogens (primary N) is 1. The zero-order chi connectivity index (χ0) is 24.6. The molecule has 3 N–H and O–H groups in total. The van der Waals surface area contributed by atoms with Crippen LogP contribution in [0.4, 0.5) is 42.1 Å². The fraction of sp³-hybridized carbons (Fsp3) is 0.235. The van der Waals surface area contributed by atoms with E-state index in [0.717, 1.165) is 34.7 Å².